The zero-order chi connectivity index (χ0) is 23.5. The highest BCUT2D eigenvalue weighted by molar-refractivity contribution is 5.42. The molecule has 2 aromatic carbocycles. The van der Waals surface area contributed by atoms with Crippen LogP contribution < -0.4 is 9.47 Å². The monoisotopic (exact) mass is 463 g/mol. The van der Waals surface area contributed by atoms with Crippen molar-refractivity contribution < 1.29 is 27.8 Å². The third-order valence-electron chi connectivity index (χ3n) is 7.23. The van der Waals surface area contributed by atoms with Crippen molar-refractivity contribution in [2.75, 3.05) is 33.4 Å². The topological polar surface area (TPSA) is 41.9 Å². The zero-order valence-electron chi connectivity index (χ0n) is 19.0. The molecular formula is C26H32F3NO3. The van der Waals surface area contributed by atoms with Crippen molar-refractivity contribution in [2.24, 2.45) is 5.92 Å². The number of likely N-dealkylation sites (tertiary alicyclic amines) is 1. The quantitative estimate of drug-likeness (QED) is 0.578. The Kier molecular flexibility index (Phi) is 7.19. The molecule has 1 saturated carbocycles. The first-order chi connectivity index (χ1) is 15.8. The van der Waals surface area contributed by atoms with E-state index >= 15 is 0 Å². The number of rotatable bonds is 8. The van der Waals surface area contributed by atoms with Gasteiger partial charge >= 0.3 is 6.18 Å². The van der Waals surface area contributed by atoms with Crippen LogP contribution in [0.5, 0.6) is 11.5 Å². The second kappa shape index (κ2) is 9.94. The van der Waals surface area contributed by atoms with Crippen molar-refractivity contribution in [3.63, 3.8) is 0 Å². The Hall–Kier alpha value is -2.25. The van der Waals surface area contributed by atoms with Crippen LogP contribution in [0, 0.1) is 5.92 Å². The highest BCUT2D eigenvalue weighted by atomic mass is 19.4. The summed E-state index contributed by atoms with van der Waals surface area (Å²) in [6.07, 6.45) is 0.173. The van der Waals surface area contributed by atoms with Crippen molar-refractivity contribution in [1.82, 2.24) is 4.90 Å². The molecule has 2 aliphatic rings. The normalized spacial score (nSPS) is 21.8. The molecule has 0 aromatic heterocycles. The maximum absolute atomic E-state index is 12.7. The van der Waals surface area contributed by atoms with Gasteiger partial charge in [-0.25, -0.2) is 0 Å². The number of methoxy groups -OCH3 is 1. The molecule has 1 aliphatic carbocycles. The minimum atomic E-state index is -4.34. The molecule has 2 fully saturated rings. The van der Waals surface area contributed by atoms with E-state index in [1.807, 2.05) is 18.2 Å². The molecule has 180 valence electrons. The average molecular weight is 464 g/mol. The summed E-state index contributed by atoms with van der Waals surface area (Å²) in [4.78, 5) is 2.30. The number of alkyl halides is 3. The molecule has 1 N–H and O–H groups in total. The fourth-order valence-electron chi connectivity index (χ4n) is 5.22. The van der Waals surface area contributed by atoms with E-state index in [9.17, 15) is 18.3 Å². The number of β-amino-alcohol motifs (C(OH)–C–C–N with tert-alkyl or cyclic N) is 1. The smallest absolute Gasteiger partial charge is 0.416 e. The molecule has 33 heavy (non-hydrogen) atoms. The molecule has 7 heteroatoms. The minimum absolute atomic E-state index is 0.268. The highest BCUT2D eigenvalue weighted by Gasteiger charge is 2.47. The SMILES string of the molecule is COc1ccccc1C1([C@@H](O)CN2CCC[C@@H](COc3ccc(C(F)(F)F)cc3)C2)CCC1. The van der Waals surface area contributed by atoms with Gasteiger partial charge in [0.1, 0.15) is 11.5 Å². The summed E-state index contributed by atoms with van der Waals surface area (Å²) < 4.78 is 49.6. The lowest BCUT2D eigenvalue weighted by atomic mass is 9.60. The van der Waals surface area contributed by atoms with Gasteiger partial charge in [-0.1, -0.05) is 24.6 Å². The predicted molar refractivity (Wildman–Crippen MR) is 121 cm³/mol. The molecule has 1 aliphatic heterocycles. The molecule has 0 radical (unpaired) electrons. The van der Waals surface area contributed by atoms with Gasteiger partial charge in [-0.15, -0.1) is 0 Å². The molecule has 0 amide bonds. The van der Waals surface area contributed by atoms with Gasteiger partial charge < -0.3 is 19.5 Å². The van der Waals surface area contributed by atoms with Gasteiger partial charge in [-0.2, -0.15) is 13.2 Å². The molecule has 0 unspecified atom stereocenters. The standard InChI is InChI=1S/C26H32F3NO3/c1-32-23-8-3-2-7-22(23)25(13-5-14-25)24(31)17-30-15-4-6-19(16-30)18-33-21-11-9-20(10-12-21)26(27,28)29/h2-3,7-12,19,24,31H,4-6,13-18H2,1H3/t19-,24+/m1/s1. The van der Waals surface area contributed by atoms with E-state index in [1.165, 1.54) is 12.1 Å². The van der Waals surface area contributed by atoms with E-state index < -0.39 is 17.8 Å². The second-order valence-corrected chi connectivity index (χ2v) is 9.33. The summed E-state index contributed by atoms with van der Waals surface area (Å²) in [5.41, 5.74) is 0.147. The highest BCUT2D eigenvalue weighted by Crippen LogP contribution is 2.49. The molecule has 1 heterocycles. The maximum Gasteiger partial charge on any atom is 0.416 e. The Morgan fingerprint density at radius 1 is 1.09 bits per heavy atom. The van der Waals surface area contributed by atoms with Gasteiger partial charge in [0, 0.05) is 30.0 Å². The van der Waals surface area contributed by atoms with Crippen LogP contribution in [0.4, 0.5) is 13.2 Å². The largest absolute Gasteiger partial charge is 0.496 e. The number of ether oxygens (including phenoxy) is 2. The van der Waals surface area contributed by atoms with Gasteiger partial charge in [0.2, 0.25) is 0 Å². The number of piperidine rings is 1. The molecule has 0 bridgehead atoms. The van der Waals surface area contributed by atoms with E-state index in [1.54, 1.807) is 7.11 Å². The predicted octanol–water partition coefficient (Wildman–Crippen LogP) is 5.29. The van der Waals surface area contributed by atoms with Crippen LogP contribution in [-0.4, -0.2) is 49.5 Å². The molecule has 1 saturated heterocycles. The summed E-state index contributed by atoms with van der Waals surface area (Å²) in [7, 11) is 1.67. The molecule has 0 spiro atoms. The van der Waals surface area contributed by atoms with Crippen molar-refractivity contribution in [1.29, 1.82) is 0 Å². The van der Waals surface area contributed by atoms with Crippen LogP contribution >= 0.6 is 0 Å². The Morgan fingerprint density at radius 2 is 1.82 bits per heavy atom. The number of nitrogens with zero attached hydrogens (tertiary/aromatic N) is 1. The number of para-hydroxylation sites is 1. The first-order valence-electron chi connectivity index (χ1n) is 11.7. The van der Waals surface area contributed by atoms with E-state index in [2.05, 4.69) is 11.0 Å². The lowest BCUT2D eigenvalue weighted by Gasteiger charge is -2.48. The summed E-state index contributed by atoms with van der Waals surface area (Å²) >= 11 is 0. The molecular weight excluding hydrogens is 431 g/mol. The van der Waals surface area contributed by atoms with Crippen LogP contribution in [0.3, 0.4) is 0 Å². The van der Waals surface area contributed by atoms with E-state index in [4.69, 9.17) is 9.47 Å². The van der Waals surface area contributed by atoms with Crippen LogP contribution in [0.25, 0.3) is 0 Å². The van der Waals surface area contributed by atoms with E-state index in [-0.39, 0.29) is 11.3 Å². The van der Waals surface area contributed by atoms with Crippen molar-refractivity contribution in [3.05, 3.63) is 59.7 Å². The third-order valence-corrected chi connectivity index (χ3v) is 7.23. The van der Waals surface area contributed by atoms with Crippen LogP contribution in [0.15, 0.2) is 48.5 Å². The summed E-state index contributed by atoms with van der Waals surface area (Å²) in [6, 6.07) is 12.8. The third kappa shape index (κ3) is 5.30. The fourth-order valence-corrected chi connectivity index (χ4v) is 5.22. The van der Waals surface area contributed by atoms with E-state index in [0.29, 0.717) is 18.9 Å². The number of benzene rings is 2. The Labute approximate surface area is 193 Å². The minimum Gasteiger partial charge on any atom is -0.496 e. The first-order valence-corrected chi connectivity index (χ1v) is 11.7. The van der Waals surface area contributed by atoms with Crippen molar-refractivity contribution in [3.8, 4) is 11.5 Å². The van der Waals surface area contributed by atoms with Gasteiger partial charge in [0.25, 0.3) is 0 Å². The molecule has 4 rings (SSSR count). The van der Waals surface area contributed by atoms with Crippen LogP contribution in [0.1, 0.15) is 43.2 Å². The van der Waals surface area contributed by atoms with Crippen LogP contribution in [-0.2, 0) is 11.6 Å². The lowest BCUT2D eigenvalue weighted by molar-refractivity contribution is -0.137. The Bertz CT molecular complexity index is 912. The van der Waals surface area contributed by atoms with Crippen molar-refractivity contribution in [2.45, 2.75) is 49.8 Å². The molecule has 2 atom stereocenters. The molecule has 2 aromatic rings. The number of aliphatic hydroxyl groups excluding tert-OH is 1. The van der Waals surface area contributed by atoms with Crippen LogP contribution in [0.2, 0.25) is 0 Å². The van der Waals surface area contributed by atoms with Crippen molar-refractivity contribution >= 4 is 0 Å². The lowest BCUT2D eigenvalue weighted by Crippen LogP contribution is -2.52. The molecule has 4 nitrogen and oxygen atoms in total. The van der Waals surface area contributed by atoms with Gasteiger partial charge in [-0.05, 0) is 62.6 Å². The number of halogens is 3. The zero-order valence-corrected chi connectivity index (χ0v) is 19.0. The maximum atomic E-state index is 12.7. The Balaban J connectivity index is 1.34. The number of hydrogen-bond acceptors (Lipinski definition) is 4. The average Bonchev–Trinajstić information content (AvgIpc) is 2.77. The fraction of sp³-hybridized carbons (Fsp3) is 0.538. The Morgan fingerprint density at radius 3 is 2.45 bits per heavy atom. The van der Waals surface area contributed by atoms with Gasteiger partial charge in [-0.3, -0.25) is 0 Å². The number of hydrogen-bond donors (Lipinski definition) is 1. The summed E-state index contributed by atoms with van der Waals surface area (Å²) in [5, 5.41) is 11.3. The first kappa shape index (κ1) is 23.9. The van der Waals surface area contributed by atoms with Gasteiger partial charge in [0.05, 0.1) is 25.4 Å². The second-order valence-electron chi connectivity index (χ2n) is 9.33. The summed E-state index contributed by atoms with van der Waals surface area (Å²) in [6.45, 7) is 2.78. The summed E-state index contributed by atoms with van der Waals surface area (Å²) in [5.74, 6) is 1.55. The number of aliphatic hydroxyl groups is 1. The van der Waals surface area contributed by atoms with E-state index in [0.717, 1.165) is 68.6 Å². The van der Waals surface area contributed by atoms with Gasteiger partial charge in [0.15, 0.2) is 0 Å².